The van der Waals surface area contributed by atoms with Crippen LogP contribution < -0.4 is 11.1 Å². The molecule has 3 rings (SSSR count). The number of piperazine rings is 1. The Morgan fingerprint density at radius 3 is 2.59 bits per heavy atom. The Balaban J connectivity index is 1.83. The topological polar surface area (TPSA) is 122 Å². The summed E-state index contributed by atoms with van der Waals surface area (Å²) in [5, 5.41) is 2.24. The van der Waals surface area contributed by atoms with Crippen molar-refractivity contribution >= 4 is 23.8 Å². The molecule has 2 aliphatic rings. The zero-order chi connectivity index (χ0) is 19.6. The lowest BCUT2D eigenvalue weighted by Gasteiger charge is -2.40. The van der Waals surface area contributed by atoms with Crippen molar-refractivity contribution in [2.75, 3.05) is 26.7 Å². The van der Waals surface area contributed by atoms with Gasteiger partial charge >= 0.3 is 12.0 Å². The van der Waals surface area contributed by atoms with Crippen LogP contribution in [0, 0.1) is 5.92 Å². The lowest BCUT2D eigenvalue weighted by Crippen LogP contribution is -2.57. The van der Waals surface area contributed by atoms with Crippen molar-refractivity contribution in [3.8, 4) is 0 Å². The van der Waals surface area contributed by atoms with E-state index in [1.807, 2.05) is 30.3 Å². The molecule has 0 aromatic heterocycles. The molecular weight excluding hydrogens is 352 g/mol. The van der Waals surface area contributed by atoms with E-state index < -0.39 is 18.0 Å². The number of amides is 4. The summed E-state index contributed by atoms with van der Waals surface area (Å²) in [5.74, 6) is -1.50. The largest absolute Gasteiger partial charge is 0.469 e. The summed E-state index contributed by atoms with van der Waals surface area (Å²) in [4.78, 5) is 51.3. The van der Waals surface area contributed by atoms with Crippen LogP contribution in [0.5, 0.6) is 0 Å². The second-order valence-electron chi connectivity index (χ2n) is 6.67. The van der Waals surface area contributed by atoms with E-state index in [1.165, 1.54) is 12.0 Å². The van der Waals surface area contributed by atoms with E-state index in [-0.39, 0.29) is 36.9 Å². The number of hydrogen-bond acceptors (Lipinski definition) is 5. The SMILES string of the molecule is COC(=O)[C@H]1C[C@H]2CN(C(=O)CNC(N)=O)CC(=O)N2[C@H]1c1ccccc1. The number of urea groups is 1. The maximum Gasteiger partial charge on any atom is 0.312 e. The van der Waals surface area contributed by atoms with Gasteiger partial charge in [0.1, 0.15) is 0 Å². The summed E-state index contributed by atoms with van der Waals surface area (Å²) in [7, 11) is 1.33. The van der Waals surface area contributed by atoms with Gasteiger partial charge in [-0.2, -0.15) is 0 Å². The molecule has 0 saturated carbocycles. The summed E-state index contributed by atoms with van der Waals surface area (Å²) < 4.78 is 4.95. The van der Waals surface area contributed by atoms with Crippen molar-refractivity contribution in [1.29, 1.82) is 0 Å². The van der Waals surface area contributed by atoms with E-state index >= 15 is 0 Å². The van der Waals surface area contributed by atoms with Gasteiger partial charge in [0.05, 0.1) is 38.2 Å². The van der Waals surface area contributed by atoms with Crippen molar-refractivity contribution in [2.24, 2.45) is 11.7 Å². The Hall–Kier alpha value is -3.10. The van der Waals surface area contributed by atoms with Gasteiger partial charge < -0.3 is 25.6 Å². The lowest BCUT2D eigenvalue weighted by atomic mass is 9.93. The molecular formula is C18H22N4O5. The lowest BCUT2D eigenvalue weighted by molar-refractivity contribution is -0.150. The van der Waals surface area contributed by atoms with Gasteiger partial charge in [-0.25, -0.2) is 4.79 Å². The molecule has 1 aromatic carbocycles. The molecule has 0 spiro atoms. The molecule has 3 atom stereocenters. The van der Waals surface area contributed by atoms with Gasteiger partial charge in [-0.05, 0) is 12.0 Å². The summed E-state index contributed by atoms with van der Waals surface area (Å²) in [6.45, 7) is -0.0767. The van der Waals surface area contributed by atoms with Crippen molar-refractivity contribution in [2.45, 2.75) is 18.5 Å². The number of nitrogens with zero attached hydrogens (tertiary/aromatic N) is 2. The molecule has 2 saturated heterocycles. The first-order chi connectivity index (χ1) is 12.9. The standard InChI is InChI=1S/C18H22N4O5/c1-27-17(25)13-7-12-9-21(14(23)8-20-18(19)26)10-15(24)22(12)16(13)11-5-3-2-4-6-11/h2-6,12-13,16H,7-10H2,1H3,(H3,19,20,26)/t12-,13-,16-/m0/s1. The number of hydrogen-bond donors (Lipinski definition) is 2. The third-order valence-electron chi connectivity index (χ3n) is 5.06. The minimum absolute atomic E-state index is 0.104. The molecule has 2 fully saturated rings. The van der Waals surface area contributed by atoms with Gasteiger partial charge in [-0.1, -0.05) is 30.3 Å². The highest BCUT2D eigenvalue weighted by atomic mass is 16.5. The van der Waals surface area contributed by atoms with E-state index in [1.54, 1.807) is 4.90 Å². The number of rotatable bonds is 4. The predicted molar refractivity (Wildman–Crippen MR) is 94.1 cm³/mol. The second kappa shape index (κ2) is 7.65. The van der Waals surface area contributed by atoms with E-state index in [2.05, 4.69) is 5.32 Å². The van der Waals surface area contributed by atoms with Crippen LogP contribution in [0.4, 0.5) is 4.79 Å². The number of ether oxygens (including phenoxy) is 1. The number of nitrogens with one attached hydrogen (secondary N) is 1. The Kier molecular flexibility index (Phi) is 5.29. The fourth-order valence-corrected chi connectivity index (χ4v) is 3.93. The fraction of sp³-hybridized carbons (Fsp3) is 0.444. The Morgan fingerprint density at radius 1 is 1.26 bits per heavy atom. The first kappa shape index (κ1) is 18.7. The summed E-state index contributed by atoms with van der Waals surface area (Å²) in [5.41, 5.74) is 5.85. The van der Waals surface area contributed by atoms with Crippen LogP contribution in [0.15, 0.2) is 30.3 Å². The van der Waals surface area contributed by atoms with Crippen LogP contribution in [0.3, 0.4) is 0 Å². The van der Waals surface area contributed by atoms with Gasteiger partial charge in [0, 0.05) is 6.54 Å². The van der Waals surface area contributed by atoms with E-state index in [4.69, 9.17) is 10.5 Å². The number of esters is 1. The summed E-state index contributed by atoms with van der Waals surface area (Å²) in [6, 6.07) is 7.83. The zero-order valence-corrected chi connectivity index (χ0v) is 15.0. The smallest absolute Gasteiger partial charge is 0.312 e. The number of carbonyl (C=O) groups excluding carboxylic acids is 4. The van der Waals surface area contributed by atoms with Gasteiger partial charge in [-0.15, -0.1) is 0 Å². The van der Waals surface area contributed by atoms with E-state index in [9.17, 15) is 19.2 Å². The molecule has 0 aliphatic carbocycles. The van der Waals surface area contributed by atoms with Crippen LogP contribution in [0.25, 0.3) is 0 Å². The van der Waals surface area contributed by atoms with Crippen LogP contribution in [-0.2, 0) is 19.1 Å². The highest BCUT2D eigenvalue weighted by molar-refractivity contribution is 5.90. The molecule has 2 heterocycles. The molecule has 0 bridgehead atoms. The molecule has 9 heteroatoms. The van der Waals surface area contributed by atoms with Gasteiger partial charge in [0.15, 0.2) is 0 Å². The number of benzene rings is 1. The number of methoxy groups -OCH3 is 1. The van der Waals surface area contributed by atoms with Gasteiger partial charge in [0.25, 0.3) is 0 Å². The van der Waals surface area contributed by atoms with Crippen molar-refractivity contribution in [3.63, 3.8) is 0 Å². The van der Waals surface area contributed by atoms with Crippen LogP contribution >= 0.6 is 0 Å². The monoisotopic (exact) mass is 374 g/mol. The third-order valence-corrected chi connectivity index (χ3v) is 5.06. The van der Waals surface area contributed by atoms with E-state index in [0.717, 1.165) is 5.56 Å². The van der Waals surface area contributed by atoms with Crippen LogP contribution in [0.2, 0.25) is 0 Å². The maximum atomic E-state index is 12.8. The van der Waals surface area contributed by atoms with E-state index in [0.29, 0.717) is 13.0 Å². The van der Waals surface area contributed by atoms with Crippen LogP contribution in [0.1, 0.15) is 18.0 Å². The number of fused-ring (bicyclic) bond motifs is 1. The fourth-order valence-electron chi connectivity index (χ4n) is 3.93. The average Bonchev–Trinajstić information content (AvgIpc) is 3.06. The highest BCUT2D eigenvalue weighted by Crippen LogP contribution is 2.43. The number of nitrogens with two attached hydrogens (primary N) is 1. The molecule has 0 unspecified atom stereocenters. The second-order valence-corrected chi connectivity index (χ2v) is 6.67. The zero-order valence-electron chi connectivity index (χ0n) is 15.0. The first-order valence-electron chi connectivity index (χ1n) is 8.67. The Morgan fingerprint density at radius 2 is 1.96 bits per heavy atom. The summed E-state index contributed by atoms with van der Waals surface area (Å²) >= 11 is 0. The Labute approximate surface area is 156 Å². The third kappa shape index (κ3) is 3.71. The number of primary amides is 1. The van der Waals surface area contributed by atoms with Gasteiger partial charge in [-0.3, -0.25) is 14.4 Å². The highest BCUT2D eigenvalue weighted by Gasteiger charge is 2.51. The van der Waals surface area contributed by atoms with Crippen molar-refractivity contribution in [3.05, 3.63) is 35.9 Å². The summed E-state index contributed by atoms with van der Waals surface area (Å²) in [6.07, 6.45) is 0.408. The van der Waals surface area contributed by atoms with Crippen molar-refractivity contribution in [1.82, 2.24) is 15.1 Å². The number of carbonyl (C=O) groups is 4. The van der Waals surface area contributed by atoms with Crippen molar-refractivity contribution < 1.29 is 23.9 Å². The van der Waals surface area contributed by atoms with Crippen LogP contribution in [-0.4, -0.2) is 66.4 Å². The minimum atomic E-state index is -0.802. The first-order valence-corrected chi connectivity index (χ1v) is 8.67. The molecule has 0 radical (unpaired) electrons. The molecule has 9 nitrogen and oxygen atoms in total. The molecule has 27 heavy (non-hydrogen) atoms. The molecule has 4 amide bonds. The Bertz CT molecular complexity index is 753. The van der Waals surface area contributed by atoms with Gasteiger partial charge in [0.2, 0.25) is 11.8 Å². The molecule has 144 valence electrons. The normalized spacial score (nSPS) is 24.3. The maximum absolute atomic E-state index is 12.8. The molecule has 3 N–H and O–H groups in total. The average molecular weight is 374 g/mol. The minimum Gasteiger partial charge on any atom is -0.469 e. The predicted octanol–water partition coefficient (Wildman–Crippen LogP) is -0.372. The molecule has 1 aromatic rings. The quantitative estimate of drug-likeness (QED) is 0.696. The molecule has 2 aliphatic heterocycles.